The second-order valence-electron chi connectivity index (χ2n) is 6.18. The highest BCUT2D eigenvalue weighted by atomic mass is 32.1. The van der Waals surface area contributed by atoms with Gasteiger partial charge in [0.2, 0.25) is 5.91 Å². The first-order chi connectivity index (χ1) is 14.2. The van der Waals surface area contributed by atoms with Crippen LogP contribution in [0.5, 0.6) is 11.5 Å². The Morgan fingerprint density at radius 3 is 2.62 bits per heavy atom. The van der Waals surface area contributed by atoms with Gasteiger partial charge in [-0.2, -0.15) is 0 Å². The monoisotopic (exact) mass is 403 g/mol. The third kappa shape index (κ3) is 4.59. The van der Waals surface area contributed by atoms with Gasteiger partial charge in [-0.3, -0.25) is 9.59 Å². The smallest absolute Gasteiger partial charge is 0.251 e. The number of hydrogen-bond acceptors (Lipinski definition) is 5. The molecule has 0 aliphatic heterocycles. The molecule has 0 spiro atoms. The molecular weight excluding hydrogens is 386 g/mol. The maximum Gasteiger partial charge on any atom is 0.251 e. The Morgan fingerprint density at radius 2 is 1.76 bits per heavy atom. The summed E-state index contributed by atoms with van der Waals surface area (Å²) < 4.78 is 6.76. The van der Waals surface area contributed by atoms with Crippen LogP contribution in [0.2, 0.25) is 0 Å². The molecule has 0 aliphatic rings. The summed E-state index contributed by atoms with van der Waals surface area (Å²) in [5.74, 6) is 0.528. The van der Waals surface area contributed by atoms with E-state index in [9.17, 15) is 9.59 Å². The molecule has 4 rings (SSSR count). The van der Waals surface area contributed by atoms with Gasteiger partial charge < -0.3 is 15.4 Å². The second-order valence-corrected chi connectivity index (χ2v) is 7.06. The summed E-state index contributed by atoms with van der Waals surface area (Å²) in [6, 6.07) is 21.7. The summed E-state index contributed by atoms with van der Waals surface area (Å²) >= 11 is 1.46. The zero-order valence-corrected chi connectivity index (χ0v) is 16.1. The Balaban J connectivity index is 1.38. The standard InChI is InChI=1S/C22H17N3O3S/c26-21(13-23-22(27)15-10-11-18-20(12-15)29-14-24-18)25-17-8-4-5-9-19(17)28-16-6-2-1-3-7-16/h1-12,14H,13H2,(H,23,27)(H,25,26). The zero-order valence-electron chi connectivity index (χ0n) is 15.3. The van der Waals surface area contributed by atoms with Gasteiger partial charge in [-0.25, -0.2) is 4.98 Å². The molecule has 0 fully saturated rings. The molecule has 0 radical (unpaired) electrons. The SMILES string of the molecule is O=C(CNC(=O)c1ccc2ncsc2c1)Nc1ccccc1Oc1ccccc1. The average Bonchev–Trinajstić information content (AvgIpc) is 3.22. The minimum atomic E-state index is -0.346. The lowest BCUT2D eigenvalue weighted by Gasteiger charge is -2.12. The van der Waals surface area contributed by atoms with Gasteiger partial charge in [0, 0.05) is 5.56 Å². The molecule has 2 amide bonds. The first-order valence-electron chi connectivity index (χ1n) is 8.92. The molecule has 0 saturated carbocycles. The van der Waals surface area contributed by atoms with Crippen molar-refractivity contribution in [2.75, 3.05) is 11.9 Å². The molecule has 0 aliphatic carbocycles. The van der Waals surface area contributed by atoms with Crippen LogP contribution in [0.3, 0.4) is 0 Å². The fraction of sp³-hybridized carbons (Fsp3) is 0.0455. The maximum absolute atomic E-state index is 12.3. The van der Waals surface area contributed by atoms with E-state index < -0.39 is 0 Å². The van der Waals surface area contributed by atoms with Crippen molar-refractivity contribution in [3.63, 3.8) is 0 Å². The summed E-state index contributed by atoms with van der Waals surface area (Å²) in [5, 5.41) is 5.41. The number of nitrogens with zero attached hydrogens (tertiary/aromatic N) is 1. The molecule has 0 atom stereocenters. The van der Waals surface area contributed by atoms with Crippen LogP contribution >= 0.6 is 11.3 Å². The molecule has 144 valence electrons. The van der Waals surface area contributed by atoms with Crippen molar-refractivity contribution in [3.05, 3.63) is 83.9 Å². The van der Waals surface area contributed by atoms with Crippen molar-refractivity contribution < 1.29 is 14.3 Å². The molecule has 7 heteroatoms. The minimum absolute atomic E-state index is 0.154. The largest absolute Gasteiger partial charge is 0.455 e. The number of fused-ring (bicyclic) bond motifs is 1. The van der Waals surface area contributed by atoms with Crippen LogP contribution in [-0.2, 0) is 4.79 Å². The number of carbonyl (C=O) groups is 2. The van der Waals surface area contributed by atoms with Crippen molar-refractivity contribution in [2.24, 2.45) is 0 Å². The quantitative estimate of drug-likeness (QED) is 0.498. The second kappa shape index (κ2) is 8.53. The van der Waals surface area contributed by atoms with Crippen molar-refractivity contribution in [2.45, 2.75) is 0 Å². The first kappa shape index (κ1) is 18.6. The zero-order chi connectivity index (χ0) is 20.1. The molecule has 1 heterocycles. The number of carbonyl (C=O) groups excluding carboxylic acids is 2. The molecule has 0 saturated heterocycles. The van der Waals surface area contributed by atoms with Crippen molar-refractivity contribution in [1.82, 2.24) is 10.3 Å². The van der Waals surface area contributed by atoms with E-state index in [1.807, 2.05) is 36.4 Å². The topological polar surface area (TPSA) is 80.3 Å². The van der Waals surface area contributed by atoms with Gasteiger partial charge in [0.05, 0.1) is 28.0 Å². The molecule has 6 nitrogen and oxygen atoms in total. The van der Waals surface area contributed by atoms with Crippen molar-refractivity contribution >= 4 is 39.1 Å². The minimum Gasteiger partial charge on any atom is -0.455 e. The van der Waals surface area contributed by atoms with Gasteiger partial charge in [0.15, 0.2) is 5.75 Å². The average molecular weight is 403 g/mol. The van der Waals surface area contributed by atoms with Crippen LogP contribution < -0.4 is 15.4 Å². The van der Waals surface area contributed by atoms with E-state index in [1.54, 1.807) is 41.9 Å². The number of anilines is 1. The number of amides is 2. The Bertz CT molecular complexity index is 1160. The normalized spacial score (nSPS) is 10.5. The van der Waals surface area contributed by atoms with Gasteiger partial charge in [-0.15, -0.1) is 11.3 Å². The van der Waals surface area contributed by atoms with Crippen LogP contribution in [0.4, 0.5) is 5.69 Å². The van der Waals surface area contributed by atoms with E-state index in [-0.39, 0.29) is 18.4 Å². The first-order valence-corrected chi connectivity index (χ1v) is 9.80. The number of rotatable bonds is 6. The Hall–Kier alpha value is -3.71. The molecule has 3 aromatic carbocycles. The molecule has 4 aromatic rings. The molecule has 2 N–H and O–H groups in total. The van der Waals surface area contributed by atoms with Gasteiger partial charge in [0.1, 0.15) is 5.75 Å². The molecule has 0 bridgehead atoms. The van der Waals surface area contributed by atoms with Crippen molar-refractivity contribution in [1.29, 1.82) is 0 Å². The highest BCUT2D eigenvalue weighted by Crippen LogP contribution is 2.29. The van der Waals surface area contributed by atoms with Crippen LogP contribution in [0.25, 0.3) is 10.2 Å². The summed E-state index contributed by atoms with van der Waals surface area (Å²) in [4.78, 5) is 28.9. The Morgan fingerprint density at radius 1 is 0.966 bits per heavy atom. The predicted octanol–water partition coefficient (Wildman–Crippen LogP) is 4.46. The molecule has 0 unspecified atom stereocenters. The summed E-state index contributed by atoms with van der Waals surface area (Å²) in [6.45, 7) is -0.154. The summed E-state index contributed by atoms with van der Waals surface area (Å²) in [5.41, 5.74) is 3.60. The lowest BCUT2D eigenvalue weighted by Crippen LogP contribution is -2.32. The van der Waals surface area contributed by atoms with E-state index in [4.69, 9.17) is 4.74 Å². The van der Waals surface area contributed by atoms with E-state index >= 15 is 0 Å². The van der Waals surface area contributed by atoms with E-state index in [2.05, 4.69) is 15.6 Å². The fourth-order valence-electron chi connectivity index (χ4n) is 2.73. The van der Waals surface area contributed by atoms with Gasteiger partial charge in [-0.1, -0.05) is 30.3 Å². The van der Waals surface area contributed by atoms with Gasteiger partial charge in [-0.05, 0) is 42.5 Å². The molecule has 29 heavy (non-hydrogen) atoms. The van der Waals surface area contributed by atoms with Gasteiger partial charge in [0.25, 0.3) is 5.91 Å². The number of para-hydroxylation sites is 3. The highest BCUT2D eigenvalue weighted by molar-refractivity contribution is 7.16. The number of ether oxygens (including phenoxy) is 1. The predicted molar refractivity (Wildman–Crippen MR) is 114 cm³/mol. The lowest BCUT2D eigenvalue weighted by atomic mass is 10.2. The van der Waals surface area contributed by atoms with Crippen LogP contribution in [0.15, 0.2) is 78.3 Å². The maximum atomic E-state index is 12.3. The fourth-order valence-corrected chi connectivity index (χ4v) is 3.44. The number of aromatic nitrogens is 1. The number of thiazole rings is 1. The number of benzene rings is 3. The van der Waals surface area contributed by atoms with Gasteiger partial charge >= 0.3 is 0 Å². The van der Waals surface area contributed by atoms with Crippen molar-refractivity contribution in [3.8, 4) is 11.5 Å². The lowest BCUT2D eigenvalue weighted by molar-refractivity contribution is -0.115. The van der Waals surface area contributed by atoms with E-state index in [0.717, 1.165) is 10.2 Å². The van der Waals surface area contributed by atoms with E-state index in [1.165, 1.54) is 11.3 Å². The van der Waals surface area contributed by atoms with Crippen LogP contribution in [0, 0.1) is 0 Å². The molecular formula is C22H17N3O3S. The number of hydrogen-bond donors (Lipinski definition) is 2. The summed E-state index contributed by atoms with van der Waals surface area (Å²) in [6.07, 6.45) is 0. The third-order valence-electron chi connectivity index (χ3n) is 4.14. The summed E-state index contributed by atoms with van der Waals surface area (Å²) in [7, 11) is 0. The Labute approximate surface area is 171 Å². The third-order valence-corrected chi connectivity index (χ3v) is 4.93. The Kier molecular flexibility index (Phi) is 5.49. The number of nitrogens with one attached hydrogen (secondary N) is 2. The molecule has 1 aromatic heterocycles. The highest BCUT2D eigenvalue weighted by Gasteiger charge is 2.12. The van der Waals surface area contributed by atoms with Crippen LogP contribution in [-0.4, -0.2) is 23.3 Å². The van der Waals surface area contributed by atoms with E-state index in [0.29, 0.717) is 22.7 Å². The van der Waals surface area contributed by atoms with Crippen LogP contribution in [0.1, 0.15) is 10.4 Å².